The molecule has 144 valence electrons. The minimum absolute atomic E-state index is 0.0579. The fraction of sp³-hybridized carbons (Fsp3) is 0.167. The molecule has 1 amide bonds. The Bertz CT molecular complexity index is 1050. The monoisotopic (exact) mass is 383 g/mol. The van der Waals surface area contributed by atoms with Crippen LogP contribution < -0.4 is 11.1 Å². The number of hydrogen-bond acceptors (Lipinski definition) is 4. The first-order chi connectivity index (χ1) is 14.2. The third-order valence-electron chi connectivity index (χ3n) is 4.86. The molecule has 3 aromatic rings. The van der Waals surface area contributed by atoms with E-state index in [1.165, 1.54) is 22.3 Å². The maximum absolute atomic E-state index is 12.1. The van der Waals surface area contributed by atoms with Crippen molar-refractivity contribution in [3.05, 3.63) is 83.7 Å². The predicted octanol–water partition coefficient (Wildman–Crippen LogP) is 3.94. The van der Waals surface area contributed by atoms with Gasteiger partial charge in [0.25, 0.3) is 0 Å². The quantitative estimate of drug-likeness (QED) is 0.528. The number of benzene rings is 2. The van der Waals surface area contributed by atoms with Crippen LogP contribution in [0.15, 0.2) is 66.9 Å². The van der Waals surface area contributed by atoms with Crippen LogP contribution in [-0.2, 0) is 4.74 Å². The van der Waals surface area contributed by atoms with Gasteiger partial charge < -0.3 is 15.8 Å². The van der Waals surface area contributed by atoms with Crippen LogP contribution in [0.2, 0.25) is 0 Å². The van der Waals surface area contributed by atoms with Gasteiger partial charge in [-0.3, -0.25) is 0 Å². The molecule has 0 radical (unpaired) electrons. The smallest absolute Gasteiger partial charge is 0.407 e. The molecule has 1 aliphatic carbocycles. The van der Waals surface area contributed by atoms with Crippen molar-refractivity contribution in [2.45, 2.75) is 12.3 Å². The van der Waals surface area contributed by atoms with Crippen LogP contribution in [0.25, 0.3) is 11.1 Å². The molecule has 0 unspecified atom stereocenters. The first kappa shape index (κ1) is 18.6. The lowest BCUT2D eigenvalue weighted by Gasteiger charge is -2.14. The number of pyridine rings is 1. The molecule has 2 aromatic carbocycles. The van der Waals surface area contributed by atoms with E-state index in [1.807, 2.05) is 24.3 Å². The number of alkyl carbamates (subject to hydrolysis) is 1. The molecule has 0 bridgehead atoms. The van der Waals surface area contributed by atoms with Crippen LogP contribution in [0, 0.1) is 11.8 Å². The number of carbonyl (C=O) groups excluding carboxylic acids is 1. The molecule has 0 atom stereocenters. The molecule has 5 nitrogen and oxygen atoms in total. The van der Waals surface area contributed by atoms with Gasteiger partial charge in [0.2, 0.25) is 0 Å². The molecular weight excluding hydrogens is 362 g/mol. The summed E-state index contributed by atoms with van der Waals surface area (Å²) in [6.45, 7) is 0.713. The summed E-state index contributed by atoms with van der Waals surface area (Å²) in [5.41, 5.74) is 11.7. The number of anilines is 1. The number of carbonyl (C=O) groups is 1. The van der Waals surface area contributed by atoms with Crippen LogP contribution in [0.5, 0.6) is 0 Å². The summed E-state index contributed by atoms with van der Waals surface area (Å²) >= 11 is 0. The van der Waals surface area contributed by atoms with Gasteiger partial charge in [-0.15, -0.1) is 0 Å². The number of nitrogens with zero attached hydrogens (tertiary/aromatic N) is 1. The summed E-state index contributed by atoms with van der Waals surface area (Å²) < 4.78 is 5.49. The van der Waals surface area contributed by atoms with Crippen LogP contribution in [0.4, 0.5) is 10.5 Å². The van der Waals surface area contributed by atoms with Crippen molar-refractivity contribution >= 4 is 11.8 Å². The molecule has 0 saturated carbocycles. The van der Waals surface area contributed by atoms with E-state index in [9.17, 15) is 4.79 Å². The third kappa shape index (κ3) is 4.22. The molecule has 1 aliphatic rings. The lowest BCUT2D eigenvalue weighted by Crippen LogP contribution is -2.26. The summed E-state index contributed by atoms with van der Waals surface area (Å²) in [6.07, 6.45) is 1.69. The van der Waals surface area contributed by atoms with E-state index in [1.54, 1.807) is 18.3 Å². The number of nitrogen functional groups attached to an aromatic ring is 1. The minimum Gasteiger partial charge on any atom is -0.449 e. The van der Waals surface area contributed by atoms with Crippen molar-refractivity contribution < 1.29 is 9.53 Å². The van der Waals surface area contributed by atoms with E-state index >= 15 is 0 Å². The lowest BCUT2D eigenvalue weighted by atomic mass is 9.98. The second-order valence-corrected chi connectivity index (χ2v) is 6.78. The van der Waals surface area contributed by atoms with E-state index in [0.29, 0.717) is 31.0 Å². The van der Waals surface area contributed by atoms with Gasteiger partial charge in [0, 0.05) is 30.8 Å². The largest absolute Gasteiger partial charge is 0.449 e. The minimum atomic E-state index is -0.434. The molecule has 0 saturated heterocycles. The molecular formula is C24H21N3O2. The molecule has 4 rings (SSSR count). The molecule has 3 N–H and O–H groups in total. The van der Waals surface area contributed by atoms with Crippen molar-refractivity contribution in [1.29, 1.82) is 0 Å². The van der Waals surface area contributed by atoms with E-state index < -0.39 is 6.09 Å². The van der Waals surface area contributed by atoms with Crippen LogP contribution in [0.1, 0.15) is 29.2 Å². The van der Waals surface area contributed by atoms with Crippen molar-refractivity contribution in [2.24, 2.45) is 0 Å². The van der Waals surface area contributed by atoms with Gasteiger partial charge in [0.1, 0.15) is 12.3 Å². The van der Waals surface area contributed by atoms with Gasteiger partial charge in [-0.2, -0.15) is 0 Å². The Hall–Kier alpha value is -3.78. The second kappa shape index (κ2) is 8.49. The zero-order chi connectivity index (χ0) is 20.1. The first-order valence-electron chi connectivity index (χ1n) is 9.51. The SMILES string of the molecule is Nc1ccnc(C#CCCNC(=O)OCC2c3ccccc3-c3ccccc32)c1. The van der Waals surface area contributed by atoms with E-state index in [0.717, 1.165) is 0 Å². The average molecular weight is 383 g/mol. The second-order valence-electron chi connectivity index (χ2n) is 6.78. The van der Waals surface area contributed by atoms with E-state index in [-0.39, 0.29) is 5.92 Å². The zero-order valence-corrected chi connectivity index (χ0v) is 15.9. The fourth-order valence-electron chi connectivity index (χ4n) is 3.54. The molecule has 1 heterocycles. The van der Waals surface area contributed by atoms with Gasteiger partial charge >= 0.3 is 6.09 Å². The third-order valence-corrected chi connectivity index (χ3v) is 4.86. The summed E-state index contributed by atoms with van der Waals surface area (Å²) in [4.78, 5) is 16.2. The Morgan fingerprint density at radius 1 is 1.07 bits per heavy atom. The standard InChI is InChI=1S/C24H21N3O2/c25-17-12-14-26-18(15-17)7-5-6-13-27-24(28)29-16-23-21-10-3-1-8-19(21)20-9-2-4-11-22(20)23/h1-4,8-12,14-15,23H,6,13,16H2,(H2,25,26)(H,27,28). The number of aromatic nitrogens is 1. The van der Waals surface area contributed by atoms with Crippen LogP contribution >= 0.6 is 0 Å². The molecule has 5 heteroatoms. The zero-order valence-electron chi connectivity index (χ0n) is 15.9. The summed E-state index contributed by atoms with van der Waals surface area (Å²) in [5, 5.41) is 2.74. The topological polar surface area (TPSA) is 77.2 Å². The Kier molecular flexibility index (Phi) is 5.44. The molecule has 29 heavy (non-hydrogen) atoms. The number of fused-ring (bicyclic) bond motifs is 3. The maximum Gasteiger partial charge on any atom is 0.407 e. The van der Waals surface area contributed by atoms with Gasteiger partial charge in [-0.05, 0) is 40.3 Å². The number of rotatable bonds is 4. The number of nitrogens with two attached hydrogens (primary N) is 1. The van der Waals surface area contributed by atoms with Gasteiger partial charge in [0.15, 0.2) is 0 Å². The first-order valence-corrected chi connectivity index (χ1v) is 9.51. The van der Waals surface area contributed by atoms with Crippen LogP contribution in [0.3, 0.4) is 0 Å². The van der Waals surface area contributed by atoms with Gasteiger partial charge in [-0.25, -0.2) is 9.78 Å². The Morgan fingerprint density at radius 3 is 2.45 bits per heavy atom. The van der Waals surface area contributed by atoms with Gasteiger partial charge in [0.05, 0.1) is 0 Å². The van der Waals surface area contributed by atoms with Crippen molar-refractivity contribution in [3.8, 4) is 23.0 Å². The summed E-state index contributed by atoms with van der Waals surface area (Å²) in [7, 11) is 0. The maximum atomic E-state index is 12.1. The molecule has 0 aliphatic heterocycles. The van der Waals surface area contributed by atoms with Crippen molar-refractivity contribution in [1.82, 2.24) is 10.3 Å². The Morgan fingerprint density at radius 2 is 1.76 bits per heavy atom. The van der Waals surface area contributed by atoms with Crippen LogP contribution in [-0.4, -0.2) is 24.2 Å². The normalized spacial score (nSPS) is 11.7. The fourth-order valence-corrected chi connectivity index (χ4v) is 3.54. The summed E-state index contributed by atoms with van der Waals surface area (Å²) in [5.74, 6) is 5.95. The van der Waals surface area contributed by atoms with Crippen molar-refractivity contribution in [3.63, 3.8) is 0 Å². The Balaban J connectivity index is 1.29. The highest BCUT2D eigenvalue weighted by Crippen LogP contribution is 2.44. The number of ether oxygens (including phenoxy) is 1. The van der Waals surface area contributed by atoms with E-state index in [4.69, 9.17) is 10.5 Å². The predicted molar refractivity (Wildman–Crippen MR) is 113 cm³/mol. The Labute approximate surface area is 169 Å². The summed E-state index contributed by atoms with van der Waals surface area (Å²) in [6, 6.07) is 20.0. The van der Waals surface area contributed by atoms with E-state index in [2.05, 4.69) is 46.4 Å². The molecule has 1 aromatic heterocycles. The molecule has 0 fully saturated rings. The average Bonchev–Trinajstić information content (AvgIpc) is 3.06. The lowest BCUT2D eigenvalue weighted by molar-refractivity contribution is 0.143. The highest BCUT2D eigenvalue weighted by atomic mass is 16.5. The number of amides is 1. The molecule has 0 spiro atoms. The number of hydrogen-bond donors (Lipinski definition) is 2. The number of nitrogens with one attached hydrogen (secondary N) is 1. The highest BCUT2D eigenvalue weighted by molar-refractivity contribution is 5.79. The highest BCUT2D eigenvalue weighted by Gasteiger charge is 2.28. The van der Waals surface area contributed by atoms with Crippen molar-refractivity contribution in [2.75, 3.05) is 18.9 Å². The van der Waals surface area contributed by atoms with Gasteiger partial charge in [-0.1, -0.05) is 54.5 Å².